The zero-order chi connectivity index (χ0) is 10.7. The van der Waals surface area contributed by atoms with Crippen molar-refractivity contribution < 1.29 is 14.3 Å². The van der Waals surface area contributed by atoms with E-state index in [1.54, 1.807) is 12.3 Å². The Bertz CT molecular complexity index is 326. The lowest BCUT2D eigenvalue weighted by atomic mass is 9.77. The molecule has 0 saturated carbocycles. The van der Waals surface area contributed by atoms with E-state index in [0.29, 0.717) is 13.0 Å². The lowest BCUT2D eigenvalue weighted by Gasteiger charge is -2.32. The maximum Gasteiger partial charge on any atom is 0.311 e. The normalized spacial score (nSPS) is 26.4. The standard InChI is InChI=1S/C11H15NO3/c13-10(14)11(4-2-5-12-8-11)7-9-3-1-6-15-9/h1,3,6,12H,2,4-5,7-8H2,(H,13,14). The van der Waals surface area contributed by atoms with Gasteiger partial charge in [0.15, 0.2) is 0 Å². The number of furan rings is 1. The SMILES string of the molecule is O=C(O)C1(Cc2ccco2)CCCNC1. The monoisotopic (exact) mass is 209 g/mol. The summed E-state index contributed by atoms with van der Waals surface area (Å²) in [4.78, 5) is 11.3. The fourth-order valence-corrected chi connectivity index (χ4v) is 2.12. The number of carboxylic acid groups (broad SMARTS) is 1. The summed E-state index contributed by atoms with van der Waals surface area (Å²) in [6.45, 7) is 1.44. The highest BCUT2D eigenvalue weighted by Gasteiger charge is 2.40. The second kappa shape index (κ2) is 4.06. The Balaban J connectivity index is 2.15. The second-order valence-corrected chi connectivity index (χ2v) is 4.12. The van der Waals surface area contributed by atoms with Crippen LogP contribution in [0.3, 0.4) is 0 Å². The van der Waals surface area contributed by atoms with Crippen LogP contribution in [-0.4, -0.2) is 24.2 Å². The predicted molar refractivity (Wildman–Crippen MR) is 54.6 cm³/mol. The smallest absolute Gasteiger partial charge is 0.311 e. The van der Waals surface area contributed by atoms with E-state index in [0.717, 1.165) is 25.1 Å². The average Bonchev–Trinajstić information content (AvgIpc) is 2.71. The molecule has 0 aliphatic carbocycles. The van der Waals surface area contributed by atoms with E-state index in [9.17, 15) is 9.90 Å². The van der Waals surface area contributed by atoms with Gasteiger partial charge in [-0.2, -0.15) is 0 Å². The van der Waals surface area contributed by atoms with E-state index in [4.69, 9.17) is 4.42 Å². The van der Waals surface area contributed by atoms with E-state index in [1.165, 1.54) is 0 Å². The van der Waals surface area contributed by atoms with Gasteiger partial charge in [-0.3, -0.25) is 4.79 Å². The number of aliphatic carboxylic acids is 1. The first-order chi connectivity index (χ1) is 7.23. The zero-order valence-electron chi connectivity index (χ0n) is 8.53. The summed E-state index contributed by atoms with van der Waals surface area (Å²) in [5, 5.41) is 12.5. The summed E-state index contributed by atoms with van der Waals surface area (Å²) in [5.41, 5.74) is -0.684. The van der Waals surface area contributed by atoms with Crippen LogP contribution in [0.5, 0.6) is 0 Å². The number of piperidine rings is 1. The Hall–Kier alpha value is -1.29. The molecule has 4 heteroatoms. The molecule has 4 nitrogen and oxygen atoms in total. The summed E-state index contributed by atoms with van der Waals surface area (Å²) in [6.07, 6.45) is 3.69. The van der Waals surface area contributed by atoms with E-state index in [2.05, 4.69) is 5.32 Å². The number of carboxylic acids is 1. The molecule has 82 valence electrons. The molecule has 0 bridgehead atoms. The third-order valence-electron chi connectivity index (χ3n) is 3.02. The van der Waals surface area contributed by atoms with Gasteiger partial charge in [0.25, 0.3) is 0 Å². The highest BCUT2D eigenvalue weighted by molar-refractivity contribution is 5.75. The van der Waals surface area contributed by atoms with Gasteiger partial charge in [-0.1, -0.05) is 0 Å². The molecule has 2 heterocycles. The third-order valence-corrected chi connectivity index (χ3v) is 3.02. The topological polar surface area (TPSA) is 62.5 Å². The van der Waals surface area contributed by atoms with Crippen molar-refractivity contribution in [3.63, 3.8) is 0 Å². The molecule has 0 spiro atoms. The van der Waals surface area contributed by atoms with Crippen LogP contribution in [-0.2, 0) is 11.2 Å². The number of carbonyl (C=O) groups is 1. The van der Waals surface area contributed by atoms with Gasteiger partial charge in [0.05, 0.1) is 11.7 Å². The van der Waals surface area contributed by atoms with Gasteiger partial charge in [-0.05, 0) is 31.5 Å². The van der Waals surface area contributed by atoms with Crippen molar-refractivity contribution in [2.45, 2.75) is 19.3 Å². The van der Waals surface area contributed by atoms with Gasteiger partial charge in [-0.15, -0.1) is 0 Å². The van der Waals surface area contributed by atoms with Crippen molar-refractivity contribution >= 4 is 5.97 Å². The van der Waals surface area contributed by atoms with Crippen molar-refractivity contribution in [1.29, 1.82) is 0 Å². The molecule has 1 atom stereocenters. The molecule has 0 amide bonds. The highest BCUT2D eigenvalue weighted by atomic mass is 16.4. The highest BCUT2D eigenvalue weighted by Crippen LogP contribution is 2.31. The van der Waals surface area contributed by atoms with Crippen LogP contribution in [0.1, 0.15) is 18.6 Å². The quantitative estimate of drug-likeness (QED) is 0.787. The maximum absolute atomic E-state index is 11.3. The van der Waals surface area contributed by atoms with Gasteiger partial charge >= 0.3 is 5.97 Å². The third kappa shape index (κ3) is 2.04. The molecule has 1 aliphatic heterocycles. The fourth-order valence-electron chi connectivity index (χ4n) is 2.12. The minimum Gasteiger partial charge on any atom is -0.481 e. The molecule has 0 radical (unpaired) electrons. The molecule has 1 fully saturated rings. The molecular weight excluding hydrogens is 194 g/mol. The molecule has 2 N–H and O–H groups in total. The summed E-state index contributed by atoms with van der Waals surface area (Å²) < 4.78 is 5.22. The van der Waals surface area contributed by atoms with Crippen LogP contribution < -0.4 is 5.32 Å². The fraction of sp³-hybridized carbons (Fsp3) is 0.545. The molecule has 1 unspecified atom stereocenters. The van der Waals surface area contributed by atoms with Crippen molar-refractivity contribution in [3.05, 3.63) is 24.2 Å². The number of hydrogen-bond acceptors (Lipinski definition) is 3. The van der Waals surface area contributed by atoms with Crippen molar-refractivity contribution in [3.8, 4) is 0 Å². The largest absolute Gasteiger partial charge is 0.481 e. The van der Waals surface area contributed by atoms with E-state index in [1.807, 2.05) is 6.07 Å². The van der Waals surface area contributed by atoms with Gasteiger partial charge in [0, 0.05) is 13.0 Å². The van der Waals surface area contributed by atoms with Crippen molar-refractivity contribution in [2.24, 2.45) is 5.41 Å². The van der Waals surface area contributed by atoms with E-state index in [-0.39, 0.29) is 0 Å². The maximum atomic E-state index is 11.3. The lowest BCUT2D eigenvalue weighted by molar-refractivity contribution is -0.150. The van der Waals surface area contributed by atoms with Crippen molar-refractivity contribution in [1.82, 2.24) is 5.32 Å². The number of hydrogen-bond donors (Lipinski definition) is 2. The Morgan fingerprint density at radius 3 is 3.07 bits per heavy atom. The number of rotatable bonds is 3. The molecule has 2 rings (SSSR count). The average molecular weight is 209 g/mol. The predicted octanol–water partition coefficient (Wildman–Crippen LogP) is 1.28. The molecule has 15 heavy (non-hydrogen) atoms. The van der Waals surface area contributed by atoms with Crippen LogP contribution in [0.15, 0.2) is 22.8 Å². The van der Waals surface area contributed by atoms with Gasteiger partial charge in [0.1, 0.15) is 5.76 Å². The molecule has 1 aliphatic rings. The Morgan fingerprint density at radius 1 is 1.67 bits per heavy atom. The van der Waals surface area contributed by atoms with Crippen LogP contribution in [0, 0.1) is 5.41 Å². The Kier molecular flexibility index (Phi) is 2.77. The van der Waals surface area contributed by atoms with E-state index < -0.39 is 11.4 Å². The zero-order valence-corrected chi connectivity index (χ0v) is 8.53. The molecular formula is C11H15NO3. The molecule has 1 aromatic rings. The van der Waals surface area contributed by atoms with Crippen LogP contribution >= 0.6 is 0 Å². The first-order valence-electron chi connectivity index (χ1n) is 5.19. The second-order valence-electron chi connectivity index (χ2n) is 4.12. The van der Waals surface area contributed by atoms with Gasteiger partial charge in [-0.25, -0.2) is 0 Å². The lowest BCUT2D eigenvalue weighted by Crippen LogP contribution is -2.46. The summed E-state index contributed by atoms with van der Waals surface area (Å²) in [6, 6.07) is 3.63. The molecule has 1 aromatic heterocycles. The molecule has 0 aromatic carbocycles. The first kappa shape index (κ1) is 10.2. The van der Waals surface area contributed by atoms with Gasteiger partial charge in [0.2, 0.25) is 0 Å². The molecule has 1 saturated heterocycles. The summed E-state index contributed by atoms with van der Waals surface area (Å²) in [5.74, 6) is 0.0206. The minimum absolute atomic E-state index is 0.475. The van der Waals surface area contributed by atoms with Crippen LogP contribution in [0.4, 0.5) is 0 Å². The van der Waals surface area contributed by atoms with E-state index >= 15 is 0 Å². The van der Waals surface area contributed by atoms with Crippen LogP contribution in [0.25, 0.3) is 0 Å². The number of nitrogens with one attached hydrogen (secondary N) is 1. The Morgan fingerprint density at radius 2 is 2.53 bits per heavy atom. The summed E-state index contributed by atoms with van der Waals surface area (Å²) >= 11 is 0. The van der Waals surface area contributed by atoms with Crippen molar-refractivity contribution in [2.75, 3.05) is 13.1 Å². The minimum atomic E-state index is -0.730. The van der Waals surface area contributed by atoms with Gasteiger partial charge < -0.3 is 14.8 Å². The summed E-state index contributed by atoms with van der Waals surface area (Å²) in [7, 11) is 0. The van der Waals surface area contributed by atoms with Crippen LogP contribution in [0.2, 0.25) is 0 Å². The Labute approximate surface area is 88.3 Å². The first-order valence-corrected chi connectivity index (χ1v) is 5.19.